The zero-order chi connectivity index (χ0) is 13.4. The van der Waals surface area contributed by atoms with Gasteiger partial charge in [-0.1, -0.05) is 0 Å². The first-order chi connectivity index (χ1) is 8.71. The Morgan fingerprint density at radius 3 is 2.89 bits per heavy atom. The van der Waals surface area contributed by atoms with E-state index >= 15 is 0 Å². The molecule has 1 aliphatic heterocycles. The lowest BCUT2D eigenvalue weighted by molar-refractivity contribution is -0.124. The molecular formula is C12H25N3O3. The van der Waals surface area contributed by atoms with Gasteiger partial charge in [0.25, 0.3) is 0 Å². The Morgan fingerprint density at radius 1 is 1.50 bits per heavy atom. The van der Waals surface area contributed by atoms with Crippen LogP contribution in [-0.4, -0.2) is 70.0 Å². The van der Waals surface area contributed by atoms with E-state index in [0.717, 1.165) is 19.4 Å². The summed E-state index contributed by atoms with van der Waals surface area (Å²) in [6.07, 6.45) is 2.13. The summed E-state index contributed by atoms with van der Waals surface area (Å²) >= 11 is 0. The van der Waals surface area contributed by atoms with Gasteiger partial charge in [-0.2, -0.15) is 0 Å². The Balaban J connectivity index is 2.33. The molecule has 0 radical (unpaired) electrons. The number of nitrogens with two attached hydrogens (primary N) is 1. The Morgan fingerprint density at radius 2 is 2.28 bits per heavy atom. The number of nitrogens with zero attached hydrogens (tertiary/aromatic N) is 1. The fourth-order valence-corrected chi connectivity index (χ4v) is 2.26. The molecule has 1 saturated heterocycles. The van der Waals surface area contributed by atoms with Gasteiger partial charge in [0.05, 0.1) is 19.3 Å². The molecule has 0 saturated carbocycles. The molecule has 1 rings (SSSR count). The van der Waals surface area contributed by atoms with E-state index in [1.54, 1.807) is 14.2 Å². The van der Waals surface area contributed by atoms with Crippen molar-refractivity contribution in [1.82, 2.24) is 10.2 Å². The molecule has 6 nitrogen and oxygen atoms in total. The van der Waals surface area contributed by atoms with Gasteiger partial charge in [-0.05, 0) is 12.8 Å². The minimum Gasteiger partial charge on any atom is -0.383 e. The summed E-state index contributed by atoms with van der Waals surface area (Å²) in [7, 11) is 3.34. The number of hydrogen-bond donors (Lipinski definition) is 2. The predicted molar refractivity (Wildman–Crippen MR) is 69.3 cm³/mol. The van der Waals surface area contributed by atoms with Crippen LogP contribution in [0.2, 0.25) is 0 Å². The van der Waals surface area contributed by atoms with Gasteiger partial charge in [-0.25, -0.2) is 0 Å². The van der Waals surface area contributed by atoms with E-state index in [4.69, 9.17) is 15.2 Å². The van der Waals surface area contributed by atoms with Crippen LogP contribution in [-0.2, 0) is 14.3 Å². The van der Waals surface area contributed by atoms with E-state index in [0.29, 0.717) is 26.2 Å². The standard InChI is InChI=1S/C12H25N3O3/c1-17-6-4-14-12(16)9-15-5-3-11(18-2)7-10(15)8-13/h10-11H,3-9,13H2,1-2H3,(H,14,16). The lowest BCUT2D eigenvalue weighted by atomic mass is 9.99. The van der Waals surface area contributed by atoms with Crippen LogP contribution in [0.25, 0.3) is 0 Å². The second kappa shape index (κ2) is 8.42. The maximum absolute atomic E-state index is 11.7. The maximum atomic E-state index is 11.7. The van der Waals surface area contributed by atoms with Crippen LogP contribution in [0, 0.1) is 0 Å². The highest BCUT2D eigenvalue weighted by atomic mass is 16.5. The minimum absolute atomic E-state index is 0.0290. The van der Waals surface area contributed by atoms with Crippen molar-refractivity contribution in [2.24, 2.45) is 5.73 Å². The Hall–Kier alpha value is -0.690. The fourth-order valence-electron chi connectivity index (χ4n) is 2.26. The number of methoxy groups -OCH3 is 2. The van der Waals surface area contributed by atoms with Crippen LogP contribution >= 0.6 is 0 Å². The van der Waals surface area contributed by atoms with E-state index in [9.17, 15) is 4.79 Å². The molecule has 106 valence electrons. The number of carbonyl (C=O) groups is 1. The van der Waals surface area contributed by atoms with Gasteiger partial charge in [0, 0.05) is 39.9 Å². The van der Waals surface area contributed by atoms with Gasteiger partial charge in [-0.15, -0.1) is 0 Å². The number of ether oxygens (including phenoxy) is 2. The van der Waals surface area contributed by atoms with Crippen LogP contribution in [0.3, 0.4) is 0 Å². The summed E-state index contributed by atoms with van der Waals surface area (Å²) in [6, 6.07) is 0.233. The van der Waals surface area contributed by atoms with Gasteiger partial charge in [0.15, 0.2) is 0 Å². The molecular weight excluding hydrogens is 234 g/mol. The number of nitrogens with one attached hydrogen (secondary N) is 1. The van der Waals surface area contributed by atoms with E-state index < -0.39 is 0 Å². The molecule has 0 aliphatic carbocycles. The second-order valence-corrected chi connectivity index (χ2v) is 4.58. The van der Waals surface area contributed by atoms with Gasteiger partial charge >= 0.3 is 0 Å². The zero-order valence-corrected chi connectivity index (χ0v) is 11.4. The lowest BCUT2D eigenvalue weighted by Crippen LogP contribution is -2.51. The van der Waals surface area contributed by atoms with Crippen molar-refractivity contribution in [3.8, 4) is 0 Å². The summed E-state index contributed by atoms with van der Waals surface area (Å²) in [5, 5.41) is 2.82. The quantitative estimate of drug-likeness (QED) is 0.585. The highest BCUT2D eigenvalue weighted by molar-refractivity contribution is 5.78. The van der Waals surface area contributed by atoms with E-state index in [1.807, 2.05) is 0 Å². The molecule has 0 spiro atoms. The number of likely N-dealkylation sites (tertiary alicyclic amines) is 1. The first-order valence-electron chi connectivity index (χ1n) is 6.43. The molecule has 18 heavy (non-hydrogen) atoms. The van der Waals surface area contributed by atoms with Gasteiger partial charge in [-0.3, -0.25) is 9.69 Å². The summed E-state index contributed by atoms with van der Waals surface area (Å²) in [4.78, 5) is 13.9. The van der Waals surface area contributed by atoms with Crippen LogP contribution in [0.4, 0.5) is 0 Å². The van der Waals surface area contributed by atoms with E-state index in [2.05, 4.69) is 10.2 Å². The molecule has 2 unspecified atom stereocenters. The van der Waals surface area contributed by atoms with Crippen molar-refractivity contribution < 1.29 is 14.3 Å². The smallest absolute Gasteiger partial charge is 0.234 e. The third-order valence-corrected chi connectivity index (χ3v) is 3.37. The van der Waals surface area contributed by atoms with Crippen LogP contribution < -0.4 is 11.1 Å². The molecule has 0 aromatic heterocycles. The van der Waals surface area contributed by atoms with Crippen molar-refractivity contribution in [1.29, 1.82) is 0 Å². The van der Waals surface area contributed by atoms with E-state index in [-0.39, 0.29) is 18.1 Å². The second-order valence-electron chi connectivity index (χ2n) is 4.58. The molecule has 1 heterocycles. The van der Waals surface area contributed by atoms with E-state index in [1.165, 1.54) is 0 Å². The van der Waals surface area contributed by atoms with Crippen molar-refractivity contribution in [3.05, 3.63) is 0 Å². The summed E-state index contributed by atoms with van der Waals surface area (Å²) in [5.41, 5.74) is 5.76. The molecule has 1 aliphatic rings. The molecule has 1 amide bonds. The normalized spacial score (nSPS) is 25.1. The highest BCUT2D eigenvalue weighted by Gasteiger charge is 2.28. The third-order valence-electron chi connectivity index (χ3n) is 3.37. The molecule has 1 fully saturated rings. The van der Waals surface area contributed by atoms with Crippen molar-refractivity contribution in [2.45, 2.75) is 25.0 Å². The van der Waals surface area contributed by atoms with Gasteiger partial charge in [0.1, 0.15) is 0 Å². The monoisotopic (exact) mass is 259 g/mol. The van der Waals surface area contributed by atoms with Crippen molar-refractivity contribution in [3.63, 3.8) is 0 Å². The minimum atomic E-state index is 0.0290. The Kier molecular flexibility index (Phi) is 7.19. The Labute approximate surface area is 109 Å². The fraction of sp³-hybridized carbons (Fsp3) is 0.917. The SMILES string of the molecule is COCCNC(=O)CN1CCC(OC)CC1CN. The number of rotatable bonds is 7. The maximum Gasteiger partial charge on any atom is 0.234 e. The average molecular weight is 259 g/mol. The molecule has 6 heteroatoms. The lowest BCUT2D eigenvalue weighted by Gasteiger charge is -2.37. The third kappa shape index (κ3) is 4.89. The van der Waals surface area contributed by atoms with Gasteiger partial charge < -0.3 is 20.5 Å². The van der Waals surface area contributed by atoms with Crippen LogP contribution in [0.1, 0.15) is 12.8 Å². The molecule has 0 aromatic rings. The highest BCUT2D eigenvalue weighted by Crippen LogP contribution is 2.18. The Bertz CT molecular complexity index is 251. The summed E-state index contributed by atoms with van der Waals surface area (Å²) < 4.78 is 10.2. The van der Waals surface area contributed by atoms with Gasteiger partial charge in [0.2, 0.25) is 5.91 Å². The van der Waals surface area contributed by atoms with Crippen molar-refractivity contribution >= 4 is 5.91 Å². The van der Waals surface area contributed by atoms with Crippen LogP contribution in [0.5, 0.6) is 0 Å². The summed E-state index contributed by atoms with van der Waals surface area (Å²) in [5.74, 6) is 0.0290. The number of piperidine rings is 1. The number of hydrogen-bond acceptors (Lipinski definition) is 5. The predicted octanol–water partition coefficient (Wildman–Crippen LogP) is -0.813. The molecule has 0 aromatic carbocycles. The van der Waals surface area contributed by atoms with Crippen LogP contribution in [0.15, 0.2) is 0 Å². The molecule has 3 N–H and O–H groups in total. The molecule has 2 atom stereocenters. The first-order valence-corrected chi connectivity index (χ1v) is 6.43. The summed E-state index contributed by atoms with van der Waals surface area (Å²) in [6.45, 7) is 2.92. The largest absolute Gasteiger partial charge is 0.383 e. The first kappa shape index (κ1) is 15.4. The number of amides is 1. The topological polar surface area (TPSA) is 76.8 Å². The number of carbonyl (C=O) groups excluding carboxylic acids is 1. The zero-order valence-electron chi connectivity index (χ0n) is 11.4. The average Bonchev–Trinajstić information content (AvgIpc) is 2.39. The van der Waals surface area contributed by atoms with Crippen molar-refractivity contribution in [2.75, 3.05) is 47.0 Å². The molecule has 0 bridgehead atoms.